The molecule has 3 N–H and O–H groups in total. The Hall–Kier alpha value is -1.42. The van der Waals surface area contributed by atoms with Crippen LogP contribution in [0.15, 0.2) is 18.2 Å². The van der Waals surface area contributed by atoms with Gasteiger partial charge in [-0.3, -0.25) is 4.79 Å². The molecule has 82 valence electrons. The standard InChI is InChI=1S/C11H15FN2O/c1-3-14-10(11(13)15)8-4-5-9(12)7(2)6-8/h4-6,10,14H,3H2,1-2H3,(H2,13,15). The summed E-state index contributed by atoms with van der Waals surface area (Å²) in [5.41, 5.74) is 6.46. The second-order valence-corrected chi connectivity index (χ2v) is 3.40. The highest BCUT2D eigenvalue weighted by atomic mass is 19.1. The maximum Gasteiger partial charge on any atom is 0.239 e. The molecule has 0 aliphatic rings. The zero-order valence-electron chi connectivity index (χ0n) is 8.88. The van der Waals surface area contributed by atoms with Crippen molar-refractivity contribution in [1.29, 1.82) is 0 Å². The van der Waals surface area contributed by atoms with Crippen LogP contribution >= 0.6 is 0 Å². The van der Waals surface area contributed by atoms with Crippen molar-refractivity contribution in [1.82, 2.24) is 5.32 Å². The van der Waals surface area contributed by atoms with Crippen LogP contribution < -0.4 is 11.1 Å². The van der Waals surface area contributed by atoms with Gasteiger partial charge in [-0.2, -0.15) is 0 Å². The number of amides is 1. The molecule has 3 nitrogen and oxygen atoms in total. The van der Waals surface area contributed by atoms with Gasteiger partial charge in [-0.05, 0) is 30.7 Å². The van der Waals surface area contributed by atoms with E-state index in [4.69, 9.17) is 5.73 Å². The molecule has 0 heterocycles. The van der Waals surface area contributed by atoms with Gasteiger partial charge in [-0.25, -0.2) is 4.39 Å². The molecule has 1 amide bonds. The van der Waals surface area contributed by atoms with Gasteiger partial charge in [-0.1, -0.05) is 19.1 Å². The van der Waals surface area contributed by atoms with Gasteiger partial charge in [0.25, 0.3) is 0 Å². The molecule has 4 heteroatoms. The molecular formula is C11H15FN2O. The van der Waals surface area contributed by atoms with Crippen LogP contribution in [0.3, 0.4) is 0 Å². The Morgan fingerprint density at radius 3 is 2.73 bits per heavy atom. The Morgan fingerprint density at radius 2 is 2.27 bits per heavy atom. The molecule has 1 unspecified atom stereocenters. The number of likely N-dealkylation sites (N-methyl/N-ethyl adjacent to an activating group) is 1. The van der Waals surface area contributed by atoms with Crippen molar-refractivity contribution in [3.05, 3.63) is 35.1 Å². The van der Waals surface area contributed by atoms with E-state index in [-0.39, 0.29) is 5.82 Å². The minimum absolute atomic E-state index is 0.279. The van der Waals surface area contributed by atoms with E-state index in [1.807, 2.05) is 6.92 Å². The lowest BCUT2D eigenvalue weighted by Gasteiger charge is -2.15. The number of hydrogen-bond acceptors (Lipinski definition) is 2. The van der Waals surface area contributed by atoms with Crippen molar-refractivity contribution in [3.8, 4) is 0 Å². The van der Waals surface area contributed by atoms with Gasteiger partial charge in [0.1, 0.15) is 11.9 Å². The molecule has 1 rings (SSSR count). The lowest BCUT2D eigenvalue weighted by atomic mass is 10.0. The number of hydrogen-bond donors (Lipinski definition) is 2. The molecule has 0 saturated carbocycles. The van der Waals surface area contributed by atoms with Gasteiger partial charge in [0, 0.05) is 0 Å². The highest BCUT2D eigenvalue weighted by molar-refractivity contribution is 5.81. The maximum absolute atomic E-state index is 13.0. The normalized spacial score (nSPS) is 12.5. The lowest BCUT2D eigenvalue weighted by molar-refractivity contribution is -0.120. The molecule has 0 spiro atoms. The van der Waals surface area contributed by atoms with Gasteiger partial charge < -0.3 is 11.1 Å². The van der Waals surface area contributed by atoms with Crippen molar-refractivity contribution in [2.24, 2.45) is 5.73 Å². The number of aryl methyl sites for hydroxylation is 1. The molecule has 0 saturated heterocycles. The Kier molecular flexibility index (Phi) is 3.80. The number of halogens is 1. The van der Waals surface area contributed by atoms with E-state index in [0.29, 0.717) is 17.7 Å². The number of rotatable bonds is 4. The van der Waals surface area contributed by atoms with Crippen LogP contribution in [0.4, 0.5) is 4.39 Å². The summed E-state index contributed by atoms with van der Waals surface area (Å²) in [5.74, 6) is -0.735. The highest BCUT2D eigenvalue weighted by Gasteiger charge is 2.16. The third-order valence-electron chi connectivity index (χ3n) is 2.21. The smallest absolute Gasteiger partial charge is 0.239 e. The Bertz CT molecular complexity index is 366. The van der Waals surface area contributed by atoms with Crippen LogP contribution in [-0.2, 0) is 4.79 Å². The Balaban J connectivity index is 3.01. The van der Waals surface area contributed by atoms with E-state index >= 15 is 0 Å². The first kappa shape index (κ1) is 11.7. The van der Waals surface area contributed by atoms with E-state index in [1.165, 1.54) is 6.07 Å². The van der Waals surface area contributed by atoms with Crippen LogP contribution in [0.2, 0.25) is 0 Å². The second kappa shape index (κ2) is 4.89. The number of nitrogens with one attached hydrogen (secondary N) is 1. The number of carbonyl (C=O) groups excluding carboxylic acids is 1. The highest BCUT2D eigenvalue weighted by Crippen LogP contribution is 2.16. The van der Waals surface area contributed by atoms with E-state index in [0.717, 1.165) is 0 Å². The molecule has 0 aromatic heterocycles. The minimum atomic E-state index is -0.547. The molecule has 0 fully saturated rings. The van der Waals surface area contributed by atoms with Crippen molar-refractivity contribution in [3.63, 3.8) is 0 Å². The fraction of sp³-hybridized carbons (Fsp3) is 0.364. The molecule has 15 heavy (non-hydrogen) atoms. The average Bonchev–Trinajstić information content (AvgIpc) is 2.18. The molecule has 1 atom stereocenters. The first-order valence-corrected chi connectivity index (χ1v) is 4.85. The molecule has 0 aliphatic heterocycles. The van der Waals surface area contributed by atoms with Gasteiger partial charge >= 0.3 is 0 Å². The SMILES string of the molecule is CCNC(C(N)=O)c1ccc(F)c(C)c1. The third-order valence-corrected chi connectivity index (χ3v) is 2.21. The summed E-state index contributed by atoms with van der Waals surface area (Å²) in [7, 11) is 0. The monoisotopic (exact) mass is 210 g/mol. The van der Waals surface area contributed by atoms with Crippen LogP contribution in [0.5, 0.6) is 0 Å². The van der Waals surface area contributed by atoms with E-state index < -0.39 is 11.9 Å². The summed E-state index contributed by atoms with van der Waals surface area (Å²) in [6, 6.07) is 4.00. The summed E-state index contributed by atoms with van der Waals surface area (Å²) in [6.07, 6.45) is 0. The summed E-state index contributed by atoms with van der Waals surface area (Å²) < 4.78 is 13.0. The zero-order valence-corrected chi connectivity index (χ0v) is 8.88. The summed E-state index contributed by atoms with van der Waals surface area (Å²) in [4.78, 5) is 11.2. The molecule has 0 aliphatic carbocycles. The maximum atomic E-state index is 13.0. The summed E-state index contributed by atoms with van der Waals surface area (Å²) in [5, 5.41) is 2.95. The van der Waals surface area contributed by atoms with E-state index in [9.17, 15) is 9.18 Å². The second-order valence-electron chi connectivity index (χ2n) is 3.40. The van der Waals surface area contributed by atoms with Crippen LogP contribution in [0.1, 0.15) is 24.1 Å². The largest absolute Gasteiger partial charge is 0.368 e. The minimum Gasteiger partial charge on any atom is -0.368 e. The van der Waals surface area contributed by atoms with Gasteiger partial charge in [-0.15, -0.1) is 0 Å². The Labute approximate surface area is 88.5 Å². The summed E-state index contributed by atoms with van der Waals surface area (Å²) in [6.45, 7) is 4.17. The molecule has 1 aromatic rings. The van der Waals surface area contributed by atoms with Crippen LogP contribution in [0.25, 0.3) is 0 Å². The number of carbonyl (C=O) groups is 1. The van der Waals surface area contributed by atoms with Gasteiger partial charge in [0.05, 0.1) is 0 Å². The molecule has 1 aromatic carbocycles. The van der Waals surface area contributed by atoms with Crippen molar-refractivity contribution >= 4 is 5.91 Å². The van der Waals surface area contributed by atoms with Crippen molar-refractivity contribution in [2.45, 2.75) is 19.9 Å². The predicted octanol–water partition coefficient (Wildman–Crippen LogP) is 1.27. The van der Waals surface area contributed by atoms with E-state index in [2.05, 4.69) is 5.32 Å². The quantitative estimate of drug-likeness (QED) is 0.786. The Morgan fingerprint density at radius 1 is 1.60 bits per heavy atom. The fourth-order valence-electron chi connectivity index (χ4n) is 1.43. The number of benzene rings is 1. The fourth-order valence-corrected chi connectivity index (χ4v) is 1.43. The van der Waals surface area contributed by atoms with Crippen LogP contribution in [-0.4, -0.2) is 12.5 Å². The van der Waals surface area contributed by atoms with Gasteiger partial charge in [0.2, 0.25) is 5.91 Å². The average molecular weight is 210 g/mol. The molecule has 0 radical (unpaired) electrons. The third kappa shape index (κ3) is 2.76. The molecular weight excluding hydrogens is 195 g/mol. The number of primary amides is 1. The number of nitrogens with two attached hydrogens (primary N) is 1. The predicted molar refractivity (Wildman–Crippen MR) is 56.7 cm³/mol. The van der Waals surface area contributed by atoms with Crippen LogP contribution in [0, 0.1) is 12.7 Å². The summed E-state index contributed by atoms with van der Waals surface area (Å²) >= 11 is 0. The van der Waals surface area contributed by atoms with Crippen molar-refractivity contribution in [2.75, 3.05) is 6.54 Å². The first-order valence-electron chi connectivity index (χ1n) is 4.85. The zero-order chi connectivity index (χ0) is 11.4. The van der Waals surface area contributed by atoms with Crippen molar-refractivity contribution < 1.29 is 9.18 Å². The van der Waals surface area contributed by atoms with Gasteiger partial charge in [0.15, 0.2) is 0 Å². The lowest BCUT2D eigenvalue weighted by Crippen LogP contribution is -2.33. The topological polar surface area (TPSA) is 55.1 Å². The first-order chi connectivity index (χ1) is 7.06. The van der Waals surface area contributed by atoms with E-state index in [1.54, 1.807) is 19.1 Å². The molecule has 0 bridgehead atoms.